The molecule has 1 aromatic heterocycles. The smallest absolute Gasteiger partial charge is 0.328 e. The first-order valence-electron chi connectivity index (χ1n) is 4.96. The summed E-state index contributed by atoms with van der Waals surface area (Å²) in [6.45, 7) is 2.04. The SMILES string of the molecule is COC(=O)C(N)c1cc2c(C)cccc2s1. The molecule has 2 N–H and O–H groups in total. The second-order valence-electron chi connectivity index (χ2n) is 3.64. The number of carbonyl (C=O) groups excluding carboxylic acids is 1. The van der Waals surface area contributed by atoms with E-state index in [0.717, 1.165) is 15.0 Å². The summed E-state index contributed by atoms with van der Waals surface area (Å²) < 4.78 is 5.78. The van der Waals surface area contributed by atoms with Crippen LogP contribution in [0.4, 0.5) is 0 Å². The summed E-state index contributed by atoms with van der Waals surface area (Å²) in [5, 5.41) is 1.15. The normalized spacial score (nSPS) is 12.7. The molecule has 0 radical (unpaired) electrons. The second kappa shape index (κ2) is 4.23. The van der Waals surface area contributed by atoms with Crippen LogP contribution < -0.4 is 5.73 Å². The molecule has 0 amide bonds. The summed E-state index contributed by atoms with van der Waals surface area (Å²) >= 11 is 1.54. The molecule has 1 atom stereocenters. The lowest BCUT2D eigenvalue weighted by atomic mass is 10.1. The first-order valence-corrected chi connectivity index (χ1v) is 5.77. The van der Waals surface area contributed by atoms with Crippen LogP contribution >= 0.6 is 11.3 Å². The van der Waals surface area contributed by atoms with Gasteiger partial charge < -0.3 is 10.5 Å². The van der Waals surface area contributed by atoms with Gasteiger partial charge in [0.2, 0.25) is 0 Å². The standard InChI is InChI=1S/C12H13NO2S/c1-7-4-3-5-9-8(7)6-10(16-9)11(13)12(14)15-2/h3-6,11H,13H2,1-2H3. The number of hydrogen-bond acceptors (Lipinski definition) is 4. The van der Waals surface area contributed by atoms with Crippen molar-refractivity contribution in [1.29, 1.82) is 0 Å². The maximum absolute atomic E-state index is 11.3. The molecule has 0 fully saturated rings. The molecule has 0 saturated carbocycles. The van der Waals surface area contributed by atoms with E-state index >= 15 is 0 Å². The average Bonchev–Trinajstić information content (AvgIpc) is 2.72. The Morgan fingerprint density at radius 1 is 1.50 bits per heavy atom. The number of aryl methyl sites for hydroxylation is 1. The minimum Gasteiger partial charge on any atom is -0.468 e. The average molecular weight is 235 g/mol. The third kappa shape index (κ3) is 1.81. The van der Waals surface area contributed by atoms with E-state index in [9.17, 15) is 4.79 Å². The maximum atomic E-state index is 11.3. The number of nitrogens with two attached hydrogens (primary N) is 1. The number of carbonyl (C=O) groups is 1. The van der Waals surface area contributed by atoms with Gasteiger partial charge in [0.25, 0.3) is 0 Å². The van der Waals surface area contributed by atoms with Crippen molar-refractivity contribution in [2.75, 3.05) is 7.11 Å². The summed E-state index contributed by atoms with van der Waals surface area (Å²) in [7, 11) is 1.35. The van der Waals surface area contributed by atoms with Crippen LogP contribution in [0.25, 0.3) is 10.1 Å². The van der Waals surface area contributed by atoms with E-state index in [1.165, 1.54) is 24.0 Å². The highest BCUT2D eigenvalue weighted by Gasteiger charge is 2.18. The predicted octanol–water partition coefficient (Wildman–Crippen LogP) is 2.38. The third-order valence-electron chi connectivity index (χ3n) is 2.56. The van der Waals surface area contributed by atoms with E-state index in [1.807, 2.05) is 31.2 Å². The molecule has 0 aliphatic heterocycles. The fourth-order valence-corrected chi connectivity index (χ4v) is 2.75. The van der Waals surface area contributed by atoms with E-state index < -0.39 is 12.0 Å². The zero-order valence-electron chi connectivity index (χ0n) is 9.19. The van der Waals surface area contributed by atoms with Crippen molar-refractivity contribution in [3.8, 4) is 0 Å². The summed E-state index contributed by atoms with van der Waals surface area (Å²) in [6.07, 6.45) is 0. The largest absolute Gasteiger partial charge is 0.468 e. The highest BCUT2D eigenvalue weighted by molar-refractivity contribution is 7.19. The van der Waals surface area contributed by atoms with Crippen molar-refractivity contribution in [2.45, 2.75) is 13.0 Å². The Labute approximate surface area is 97.8 Å². The zero-order valence-corrected chi connectivity index (χ0v) is 10.0. The lowest BCUT2D eigenvalue weighted by Crippen LogP contribution is -2.21. The van der Waals surface area contributed by atoms with Crippen LogP contribution in [-0.2, 0) is 9.53 Å². The summed E-state index contributed by atoms with van der Waals surface area (Å²) in [5.74, 6) is -0.399. The zero-order chi connectivity index (χ0) is 11.7. The number of methoxy groups -OCH3 is 1. The molecule has 16 heavy (non-hydrogen) atoms. The van der Waals surface area contributed by atoms with Gasteiger partial charge >= 0.3 is 5.97 Å². The minimum atomic E-state index is -0.679. The lowest BCUT2D eigenvalue weighted by molar-refractivity contribution is -0.142. The van der Waals surface area contributed by atoms with Gasteiger partial charge in [-0.3, -0.25) is 0 Å². The fraction of sp³-hybridized carbons (Fsp3) is 0.250. The Morgan fingerprint density at radius 3 is 2.88 bits per heavy atom. The van der Waals surface area contributed by atoms with Crippen LogP contribution in [0.15, 0.2) is 24.3 Å². The predicted molar refractivity (Wildman–Crippen MR) is 65.5 cm³/mol. The van der Waals surface area contributed by atoms with Gasteiger partial charge in [-0.25, -0.2) is 4.79 Å². The van der Waals surface area contributed by atoms with Crippen LogP contribution in [0, 0.1) is 6.92 Å². The minimum absolute atomic E-state index is 0.399. The molecule has 0 aliphatic carbocycles. The quantitative estimate of drug-likeness (QED) is 0.813. The van der Waals surface area contributed by atoms with Crippen molar-refractivity contribution in [3.05, 3.63) is 34.7 Å². The molecule has 0 spiro atoms. The van der Waals surface area contributed by atoms with Crippen LogP contribution in [0.2, 0.25) is 0 Å². The van der Waals surface area contributed by atoms with Gasteiger partial charge in [-0.15, -0.1) is 11.3 Å². The van der Waals surface area contributed by atoms with Gasteiger partial charge in [0, 0.05) is 9.58 Å². The van der Waals surface area contributed by atoms with Crippen LogP contribution in [0.1, 0.15) is 16.5 Å². The number of hydrogen-bond donors (Lipinski definition) is 1. The summed E-state index contributed by atoms with van der Waals surface area (Å²) in [4.78, 5) is 12.2. The molecule has 0 aliphatic rings. The van der Waals surface area contributed by atoms with Crippen molar-refractivity contribution in [2.24, 2.45) is 5.73 Å². The van der Waals surface area contributed by atoms with Crippen molar-refractivity contribution < 1.29 is 9.53 Å². The molecule has 0 saturated heterocycles. The number of esters is 1. The van der Waals surface area contributed by atoms with Gasteiger partial charge in [-0.1, -0.05) is 12.1 Å². The monoisotopic (exact) mass is 235 g/mol. The summed E-state index contributed by atoms with van der Waals surface area (Å²) in [6, 6.07) is 7.36. The molecule has 1 aromatic carbocycles. The Kier molecular flexibility index (Phi) is 2.94. The number of ether oxygens (including phenoxy) is 1. The third-order valence-corrected chi connectivity index (χ3v) is 3.74. The molecule has 3 nitrogen and oxygen atoms in total. The van der Waals surface area contributed by atoms with Gasteiger partial charge in [-0.2, -0.15) is 0 Å². The molecule has 2 aromatic rings. The van der Waals surface area contributed by atoms with Crippen molar-refractivity contribution in [1.82, 2.24) is 0 Å². The highest BCUT2D eigenvalue weighted by atomic mass is 32.1. The van der Waals surface area contributed by atoms with E-state index in [0.29, 0.717) is 0 Å². The Bertz CT molecular complexity index is 533. The number of fused-ring (bicyclic) bond motifs is 1. The van der Waals surface area contributed by atoms with Crippen LogP contribution in [0.5, 0.6) is 0 Å². The molecule has 0 bridgehead atoms. The molecule has 84 valence electrons. The Hall–Kier alpha value is -1.39. The van der Waals surface area contributed by atoms with Gasteiger partial charge in [0.1, 0.15) is 6.04 Å². The molecule has 2 rings (SSSR count). The fourth-order valence-electron chi connectivity index (χ4n) is 1.62. The molecule has 1 heterocycles. The topological polar surface area (TPSA) is 52.3 Å². The van der Waals surface area contributed by atoms with E-state index in [4.69, 9.17) is 5.73 Å². The van der Waals surface area contributed by atoms with Crippen molar-refractivity contribution in [3.63, 3.8) is 0 Å². The van der Waals surface area contributed by atoms with E-state index in [2.05, 4.69) is 4.74 Å². The summed E-state index contributed by atoms with van der Waals surface area (Å²) in [5.41, 5.74) is 6.99. The molecule has 4 heteroatoms. The first kappa shape index (κ1) is 11.1. The lowest BCUT2D eigenvalue weighted by Gasteiger charge is -2.05. The maximum Gasteiger partial charge on any atom is 0.328 e. The highest BCUT2D eigenvalue weighted by Crippen LogP contribution is 2.31. The first-order chi connectivity index (χ1) is 7.63. The van der Waals surface area contributed by atoms with Crippen molar-refractivity contribution >= 4 is 27.4 Å². The van der Waals surface area contributed by atoms with Crippen LogP contribution in [0.3, 0.4) is 0 Å². The van der Waals surface area contributed by atoms with Crippen LogP contribution in [-0.4, -0.2) is 13.1 Å². The van der Waals surface area contributed by atoms with Gasteiger partial charge in [-0.05, 0) is 30.0 Å². The molecular weight excluding hydrogens is 222 g/mol. The number of rotatable bonds is 2. The second-order valence-corrected chi connectivity index (χ2v) is 4.75. The van der Waals surface area contributed by atoms with Gasteiger partial charge in [0.15, 0.2) is 0 Å². The Balaban J connectivity index is 2.47. The number of thiophene rings is 1. The van der Waals surface area contributed by atoms with E-state index in [1.54, 1.807) is 0 Å². The molecule has 1 unspecified atom stereocenters. The van der Waals surface area contributed by atoms with Gasteiger partial charge in [0.05, 0.1) is 7.11 Å². The number of benzene rings is 1. The van der Waals surface area contributed by atoms with E-state index in [-0.39, 0.29) is 0 Å². The molecular formula is C12H13NO2S. The Morgan fingerprint density at radius 2 is 2.25 bits per heavy atom.